The number of carbonyl (C=O) groups excluding carboxylic acids is 2. The molecule has 2 amide bonds. The van der Waals surface area contributed by atoms with Crippen molar-refractivity contribution in [1.29, 1.82) is 0 Å². The van der Waals surface area contributed by atoms with Gasteiger partial charge in [0.25, 0.3) is 0 Å². The Balaban J connectivity index is 1.80. The molecule has 3 heterocycles. The number of piperazine rings is 1. The minimum absolute atomic E-state index is 0.0330. The van der Waals surface area contributed by atoms with Crippen molar-refractivity contribution >= 4 is 18.1 Å². The second-order valence-corrected chi connectivity index (χ2v) is 5.01. The van der Waals surface area contributed by atoms with Crippen LogP contribution in [0, 0.1) is 6.92 Å². The number of hydrogen-bond acceptors (Lipinski definition) is 4. The summed E-state index contributed by atoms with van der Waals surface area (Å²) in [5.41, 5.74) is 1.59. The minimum Gasteiger partial charge on any atom is -0.352 e. The monoisotopic (exact) mass is 260 g/mol. The first-order valence-corrected chi connectivity index (χ1v) is 6.40. The Morgan fingerprint density at radius 1 is 1.47 bits per heavy atom. The molecule has 0 saturated carbocycles. The summed E-state index contributed by atoms with van der Waals surface area (Å²) in [7, 11) is 0. The van der Waals surface area contributed by atoms with Crippen LogP contribution in [0.5, 0.6) is 0 Å². The van der Waals surface area contributed by atoms with E-state index in [1.165, 1.54) is 0 Å². The van der Waals surface area contributed by atoms with Gasteiger partial charge in [0.05, 0.1) is 6.04 Å². The first-order chi connectivity index (χ1) is 9.19. The summed E-state index contributed by atoms with van der Waals surface area (Å²) < 4.78 is 0. The number of aryl methyl sites for hydroxylation is 1. The maximum absolute atomic E-state index is 11.5. The summed E-state index contributed by atoms with van der Waals surface area (Å²) in [6.45, 7) is 4.93. The van der Waals surface area contributed by atoms with Crippen LogP contribution in [0.3, 0.4) is 0 Å². The number of aromatic nitrogens is 1. The molecule has 1 atom stereocenters. The fourth-order valence-corrected chi connectivity index (χ4v) is 2.78. The van der Waals surface area contributed by atoms with Gasteiger partial charge >= 0.3 is 6.03 Å². The summed E-state index contributed by atoms with van der Waals surface area (Å²) in [5.74, 6) is 0.907. The van der Waals surface area contributed by atoms with Crippen molar-refractivity contribution in [2.75, 3.05) is 31.1 Å². The molecule has 0 aromatic carbocycles. The number of nitrogens with zero attached hydrogens (tertiary/aromatic N) is 3. The summed E-state index contributed by atoms with van der Waals surface area (Å²) in [4.78, 5) is 30.7. The highest BCUT2D eigenvalue weighted by atomic mass is 16.2. The molecule has 2 fully saturated rings. The summed E-state index contributed by atoms with van der Waals surface area (Å²) in [6, 6.07) is 2.10. The molecule has 3 rings (SSSR count). The number of anilines is 1. The van der Waals surface area contributed by atoms with Gasteiger partial charge in [-0.1, -0.05) is 0 Å². The SMILES string of the molecule is Cc1cc(C=O)cnc1N1CCN2C(=O)NCC2C1. The minimum atomic E-state index is 0.0330. The Bertz CT molecular complexity index is 531. The lowest BCUT2D eigenvalue weighted by molar-refractivity contribution is 0.112. The van der Waals surface area contributed by atoms with E-state index in [0.717, 1.165) is 30.8 Å². The van der Waals surface area contributed by atoms with Crippen LogP contribution in [0.4, 0.5) is 10.6 Å². The van der Waals surface area contributed by atoms with Crippen LogP contribution in [-0.2, 0) is 0 Å². The fraction of sp³-hybridized carbons (Fsp3) is 0.462. The van der Waals surface area contributed by atoms with Crippen molar-refractivity contribution in [1.82, 2.24) is 15.2 Å². The number of aldehydes is 1. The zero-order chi connectivity index (χ0) is 13.4. The quantitative estimate of drug-likeness (QED) is 0.782. The van der Waals surface area contributed by atoms with E-state index >= 15 is 0 Å². The third-order valence-electron chi connectivity index (χ3n) is 3.74. The van der Waals surface area contributed by atoms with Gasteiger partial charge < -0.3 is 15.1 Å². The first-order valence-electron chi connectivity index (χ1n) is 6.40. The van der Waals surface area contributed by atoms with Gasteiger partial charge in [-0.25, -0.2) is 9.78 Å². The lowest BCUT2D eigenvalue weighted by Crippen LogP contribution is -2.52. The van der Waals surface area contributed by atoms with Crippen LogP contribution in [-0.4, -0.2) is 54.4 Å². The van der Waals surface area contributed by atoms with Crippen LogP contribution in [0.15, 0.2) is 12.3 Å². The smallest absolute Gasteiger partial charge is 0.317 e. The summed E-state index contributed by atoms with van der Waals surface area (Å²) in [5, 5.41) is 2.86. The third kappa shape index (κ3) is 2.03. The van der Waals surface area contributed by atoms with Crippen molar-refractivity contribution in [3.05, 3.63) is 23.4 Å². The van der Waals surface area contributed by atoms with Crippen LogP contribution >= 0.6 is 0 Å². The molecule has 6 nitrogen and oxygen atoms in total. The molecule has 1 aromatic heterocycles. The Hall–Kier alpha value is -2.11. The molecule has 6 heteroatoms. The zero-order valence-electron chi connectivity index (χ0n) is 10.8. The molecular weight excluding hydrogens is 244 g/mol. The average Bonchev–Trinajstić information content (AvgIpc) is 2.79. The fourth-order valence-electron chi connectivity index (χ4n) is 2.78. The Morgan fingerprint density at radius 3 is 3.05 bits per heavy atom. The largest absolute Gasteiger partial charge is 0.352 e. The molecule has 0 radical (unpaired) electrons. The van der Waals surface area contributed by atoms with Gasteiger partial charge in [-0.3, -0.25) is 4.79 Å². The molecular formula is C13H16N4O2. The lowest BCUT2D eigenvalue weighted by atomic mass is 10.1. The topological polar surface area (TPSA) is 65.5 Å². The Morgan fingerprint density at radius 2 is 2.32 bits per heavy atom. The zero-order valence-corrected chi connectivity index (χ0v) is 10.8. The molecule has 1 aromatic rings. The number of hydrogen-bond donors (Lipinski definition) is 1. The Kier molecular flexibility index (Phi) is 2.85. The van der Waals surface area contributed by atoms with Crippen LogP contribution in [0.25, 0.3) is 0 Å². The second-order valence-electron chi connectivity index (χ2n) is 5.01. The maximum Gasteiger partial charge on any atom is 0.317 e. The van der Waals surface area contributed by atoms with E-state index in [1.54, 1.807) is 6.20 Å². The third-order valence-corrected chi connectivity index (χ3v) is 3.74. The van der Waals surface area contributed by atoms with Gasteiger partial charge in [0.1, 0.15) is 5.82 Å². The molecule has 19 heavy (non-hydrogen) atoms. The van der Waals surface area contributed by atoms with E-state index in [-0.39, 0.29) is 12.1 Å². The van der Waals surface area contributed by atoms with Crippen LogP contribution < -0.4 is 10.2 Å². The molecule has 2 aliphatic heterocycles. The number of pyridine rings is 1. The van der Waals surface area contributed by atoms with Gasteiger partial charge in [-0.15, -0.1) is 0 Å². The highest BCUT2D eigenvalue weighted by molar-refractivity contribution is 5.78. The first kappa shape index (κ1) is 12.0. The van der Waals surface area contributed by atoms with Crippen molar-refractivity contribution in [3.8, 4) is 0 Å². The summed E-state index contributed by atoms with van der Waals surface area (Å²) >= 11 is 0. The highest BCUT2D eigenvalue weighted by Crippen LogP contribution is 2.22. The molecule has 100 valence electrons. The molecule has 0 spiro atoms. The van der Waals surface area contributed by atoms with Gasteiger partial charge in [-0.2, -0.15) is 0 Å². The number of fused-ring (bicyclic) bond motifs is 1. The molecule has 2 saturated heterocycles. The number of rotatable bonds is 2. The van der Waals surface area contributed by atoms with E-state index in [9.17, 15) is 9.59 Å². The van der Waals surface area contributed by atoms with Crippen molar-refractivity contribution < 1.29 is 9.59 Å². The van der Waals surface area contributed by atoms with Crippen LogP contribution in [0.2, 0.25) is 0 Å². The van der Waals surface area contributed by atoms with Crippen molar-refractivity contribution in [2.45, 2.75) is 13.0 Å². The van der Waals surface area contributed by atoms with E-state index < -0.39 is 0 Å². The van der Waals surface area contributed by atoms with E-state index in [0.29, 0.717) is 18.7 Å². The van der Waals surface area contributed by atoms with Gasteiger partial charge in [0, 0.05) is 37.9 Å². The van der Waals surface area contributed by atoms with E-state index in [1.807, 2.05) is 17.9 Å². The number of urea groups is 1. The van der Waals surface area contributed by atoms with Crippen molar-refractivity contribution in [3.63, 3.8) is 0 Å². The predicted octanol–water partition coefficient (Wildman–Crippen LogP) is 0.416. The van der Waals surface area contributed by atoms with E-state index in [2.05, 4.69) is 15.2 Å². The normalized spacial score (nSPS) is 22.2. The molecule has 0 aliphatic carbocycles. The predicted molar refractivity (Wildman–Crippen MR) is 70.5 cm³/mol. The van der Waals surface area contributed by atoms with E-state index in [4.69, 9.17) is 0 Å². The molecule has 1 N–H and O–H groups in total. The maximum atomic E-state index is 11.5. The number of carbonyl (C=O) groups is 2. The van der Waals surface area contributed by atoms with Gasteiger partial charge in [0.15, 0.2) is 6.29 Å². The summed E-state index contributed by atoms with van der Waals surface area (Å²) in [6.07, 6.45) is 2.40. The van der Waals surface area contributed by atoms with Gasteiger partial charge in [0.2, 0.25) is 0 Å². The van der Waals surface area contributed by atoms with Gasteiger partial charge in [-0.05, 0) is 18.6 Å². The van der Waals surface area contributed by atoms with Crippen LogP contribution in [0.1, 0.15) is 15.9 Å². The molecule has 1 unspecified atom stereocenters. The lowest BCUT2D eigenvalue weighted by Gasteiger charge is -2.37. The number of amides is 2. The molecule has 2 aliphatic rings. The molecule has 0 bridgehead atoms. The van der Waals surface area contributed by atoms with Crippen molar-refractivity contribution in [2.24, 2.45) is 0 Å². The average molecular weight is 260 g/mol. The Labute approximate surface area is 111 Å². The standard InChI is InChI=1S/C13H16N4O2/c1-9-4-10(8-18)5-14-12(9)16-2-3-17-11(7-16)6-15-13(17)19/h4-5,8,11H,2-3,6-7H2,1H3,(H,15,19). The highest BCUT2D eigenvalue weighted by Gasteiger charge is 2.36. The number of nitrogens with one attached hydrogen (secondary N) is 1. The second kappa shape index (κ2) is 4.53.